The van der Waals surface area contributed by atoms with E-state index in [4.69, 9.17) is 9.47 Å². The average Bonchev–Trinajstić information content (AvgIpc) is 2.52. The van der Waals surface area contributed by atoms with Gasteiger partial charge in [-0.25, -0.2) is 9.79 Å². The van der Waals surface area contributed by atoms with Crippen molar-refractivity contribution >= 4 is 12.0 Å². The Hall–Kier alpha value is -2.56. The number of carbonyl (C=O) groups excluding carboxylic acids is 1. The lowest BCUT2D eigenvalue weighted by Gasteiger charge is -2.22. The number of rotatable bonds is 6. The van der Waals surface area contributed by atoms with Crippen LogP contribution in [-0.2, 0) is 16.1 Å². The first kappa shape index (κ1) is 21.5. The molecule has 1 rings (SSSR count). The zero-order valence-electron chi connectivity index (χ0n) is 16.7. The number of ether oxygens (including phenoxy) is 2. The van der Waals surface area contributed by atoms with Gasteiger partial charge in [0.2, 0.25) is 0 Å². The molecule has 142 valence electrons. The molecule has 0 fully saturated rings. The van der Waals surface area contributed by atoms with Gasteiger partial charge < -0.3 is 9.47 Å². The number of likely N-dealkylation sites (N-methyl/N-ethyl adjacent to an activating group) is 1. The van der Waals surface area contributed by atoms with Crippen molar-refractivity contribution in [3.63, 3.8) is 0 Å². The van der Waals surface area contributed by atoms with Crippen molar-refractivity contribution in [1.29, 1.82) is 0 Å². The Kier molecular flexibility index (Phi) is 8.10. The molecule has 0 heterocycles. The van der Waals surface area contributed by atoms with Crippen LogP contribution in [0.3, 0.4) is 0 Å². The zero-order valence-corrected chi connectivity index (χ0v) is 16.7. The Morgan fingerprint density at radius 2 is 1.85 bits per heavy atom. The van der Waals surface area contributed by atoms with Crippen LogP contribution in [0.2, 0.25) is 0 Å². The number of hydrogen-bond acceptors (Lipinski definition) is 4. The number of nitrogens with zero attached hydrogens (tertiary/aromatic N) is 2. The second-order valence-corrected chi connectivity index (χ2v) is 6.91. The Bertz CT molecular complexity index is 670. The van der Waals surface area contributed by atoms with Crippen molar-refractivity contribution in [1.82, 2.24) is 4.90 Å². The molecule has 0 aliphatic heterocycles. The maximum atomic E-state index is 12.3. The molecule has 0 saturated carbocycles. The molecule has 0 unspecified atom stereocenters. The summed E-state index contributed by atoms with van der Waals surface area (Å²) in [4.78, 5) is 18.2. The lowest BCUT2D eigenvalue weighted by molar-refractivity contribution is 0.110. The predicted octanol–water partition coefficient (Wildman–Crippen LogP) is 5.30. The van der Waals surface area contributed by atoms with Gasteiger partial charge in [0.05, 0.1) is 0 Å². The Balaban J connectivity index is 2.71. The number of allylic oxidation sites excluding steroid dienone is 2. The first-order valence-corrected chi connectivity index (χ1v) is 8.72. The van der Waals surface area contributed by atoms with Gasteiger partial charge >= 0.3 is 6.09 Å². The van der Waals surface area contributed by atoms with Crippen molar-refractivity contribution in [3.8, 4) is 0 Å². The molecule has 5 heteroatoms. The first-order valence-electron chi connectivity index (χ1n) is 8.72. The summed E-state index contributed by atoms with van der Waals surface area (Å²) < 4.78 is 11.1. The standard InChI is InChI=1S/C21H30N2O3/c1-8-23(20(24)25-15-19-12-10-9-11-13-19)17(3)14-16(2)22-18(4)26-21(5,6)7/h9-14H,3,8,15H2,1-2,4-7H3/b16-14+,22-18?. The number of carbonyl (C=O) groups is 1. The van der Waals surface area contributed by atoms with Crippen LogP contribution >= 0.6 is 0 Å². The highest BCUT2D eigenvalue weighted by atomic mass is 16.6. The van der Waals surface area contributed by atoms with Crippen LogP contribution in [0.15, 0.2) is 59.4 Å². The molecule has 26 heavy (non-hydrogen) atoms. The minimum Gasteiger partial charge on any atom is -0.475 e. The summed E-state index contributed by atoms with van der Waals surface area (Å²) >= 11 is 0. The molecule has 1 amide bonds. The van der Waals surface area contributed by atoms with Crippen LogP contribution in [0.4, 0.5) is 4.79 Å². The lowest BCUT2D eigenvalue weighted by atomic mass is 10.2. The van der Waals surface area contributed by atoms with E-state index in [9.17, 15) is 4.79 Å². The summed E-state index contributed by atoms with van der Waals surface area (Å²) in [5.74, 6) is 0.564. The van der Waals surface area contributed by atoms with E-state index in [0.29, 0.717) is 23.8 Å². The van der Waals surface area contributed by atoms with E-state index in [1.165, 1.54) is 4.90 Å². The summed E-state index contributed by atoms with van der Waals surface area (Å²) in [7, 11) is 0. The van der Waals surface area contributed by atoms with Crippen molar-refractivity contribution in [3.05, 3.63) is 59.9 Å². The van der Waals surface area contributed by atoms with Crippen LogP contribution in [0.5, 0.6) is 0 Å². The third kappa shape index (κ3) is 8.01. The summed E-state index contributed by atoms with van der Waals surface area (Å²) in [6.45, 7) is 16.0. The lowest BCUT2D eigenvalue weighted by Crippen LogP contribution is -2.29. The van der Waals surface area contributed by atoms with E-state index in [0.717, 1.165) is 5.56 Å². The molecule has 0 aliphatic rings. The molecule has 0 aromatic heterocycles. The predicted molar refractivity (Wildman–Crippen MR) is 106 cm³/mol. The van der Waals surface area contributed by atoms with Crippen LogP contribution in [0.1, 0.15) is 47.1 Å². The molecular formula is C21H30N2O3. The van der Waals surface area contributed by atoms with Crippen molar-refractivity contribution in [2.45, 2.75) is 53.8 Å². The Morgan fingerprint density at radius 1 is 1.23 bits per heavy atom. The molecule has 0 saturated heterocycles. The Morgan fingerprint density at radius 3 is 2.38 bits per heavy atom. The van der Waals surface area contributed by atoms with E-state index in [2.05, 4.69) is 11.6 Å². The molecule has 5 nitrogen and oxygen atoms in total. The molecule has 0 N–H and O–H groups in total. The second kappa shape index (κ2) is 9.80. The largest absolute Gasteiger partial charge is 0.475 e. The van der Waals surface area contributed by atoms with Gasteiger partial charge in [-0.1, -0.05) is 36.9 Å². The van der Waals surface area contributed by atoms with Gasteiger partial charge in [0.15, 0.2) is 5.90 Å². The summed E-state index contributed by atoms with van der Waals surface area (Å²) in [6, 6.07) is 9.56. The molecular weight excluding hydrogens is 328 g/mol. The van der Waals surface area contributed by atoms with Crippen molar-refractivity contribution < 1.29 is 14.3 Å². The topological polar surface area (TPSA) is 51.1 Å². The van der Waals surface area contributed by atoms with E-state index < -0.39 is 6.09 Å². The second-order valence-electron chi connectivity index (χ2n) is 6.91. The SMILES string of the molecule is C=C(/C=C(\C)N=C(C)OC(C)(C)C)N(CC)C(=O)OCc1ccccc1. The average molecular weight is 358 g/mol. The van der Waals surface area contributed by atoms with Gasteiger partial charge in [-0.2, -0.15) is 0 Å². The fourth-order valence-corrected chi connectivity index (χ4v) is 2.31. The molecule has 1 aromatic rings. The van der Waals surface area contributed by atoms with Crippen LogP contribution < -0.4 is 0 Å². The van der Waals surface area contributed by atoms with Crippen LogP contribution in [0.25, 0.3) is 0 Å². The van der Waals surface area contributed by atoms with E-state index in [-0.39, 0.29) is 12.2 Å². The van der Waals surface area contributed by atoms with E-state index in [1.54, 1.807) is 13.0 Å². The monoisotopic (exact) mass is 358 g/mol. The normalized spacial score (nSPS) is 12.5. The van der Waals surface area contributed by atoms with Crippen molar-refractivity contribution in [2.75, 3.05) is 6.54 Å². The van der Waals surface area contributed by atoms with Gasteiger partial charge in [-0.3, -0.25) is 4.90 Å². The van der Waals surface area contributed by atoms with Gasteiger partial charge in [0, 0.05) is 24.9 Å². The number of aliphatic imine (C=N–C) groups is 1. The molecule has 1 aromatic carbocycles. The quantitative estimate of drug-likeness (QED) is 0.394. The summed E-state index contributed by atoms with van der Waals surface area (Å²) in [5, 5.41) is 0. The molecule has 0 bridgehead atoms. The maximum Gasteiger partial charge on any atom is 0.414 e. The zero-order chi connectivity index (χ0) is 19.7. The number of benzene rings is 1. The van der Waals surface area contributed by atoms with E-state index >= 15 is 0 Å². The molecule has 0 radical (unpaired) electrons. The third-order valence-corrected chi connectivity index (χ3v) is 3.25. The van der Waals surface area contributed by atoms with Gasteiger partial charge in [0.25, 0.3) is 0 Å². The van der Waals surface area contributed by atoms with E-state index in [1.807, 2.05) is 65.0 Å². The minimum absolute atomic E-state index is 0.225. The van der Waals surface area contributed by atoms with Gasteiger partial charge in [-0.05, 0) is 46.3 Å². The Labute approximate surface area is 157 Å². The number of hydrogen-bond donors (Lipinski definition) is 0. The minimum atomic E-state index is -0.433. The third-order valence-electron chi connectivity index (χ3n) is 3.25. The molecule has 0 spiro atoms. The summed E-state index contributed by atoms with van der Waals surface area (Å²) in [6.07, 6.45) is 1.31. The van der Waals surface area contributed by atoms with Crippen LogP contribution in [-0.4, -0.2) is 29.0 Å². The highest BCUT2D eigenvalue weighted by molar-refractivity contribution is 5.75. The summed E-state index contributed by atoms with van der Waals surface area (Å²) in [5.41, 5.74) is 1.86. The van der Waals surface area contributed by atoms with Crippen LogP contribution in [0, 0.1) is 0 Å². The fourth-order valence-electron chi connectivity index (χ4n) is 2.31. The smallest absolute Gasteiger partial charge is 0.414 e. The highest BCUT2D eigenvalue weighted by Crippen LogP contribution is 2.13. The maximum absolute atomic E-state index is 12.3. The number of amides is 1. The fraction of sp³-hybridized carbons (Fsp3) is 0.429. The molecule has 0 aliphatic carbocycles. The van der Waals surface area contributed by atoms with Gasteiger partial charge in [-0.15, -0.1) is 0 Å². The highest BCUT2D eigenvalue weighted by Gasteiger charge is 2.16. The molecule has 0 atom stereocenters. The van der Waals surface area contributed by atoms with Gasteiger partial charge in [0.1, 0.15) is 12.2 Å². The first-order chi connectivity index (χ1) is 12.1. The van der Waals surface area contributed by atoms with Crippen molar-refractivity contribution in [2.24, 2.45) is 4.99 Å².